The van der Waals surface area contributed by atoms with Crippen molar-refractivity contribution in [3.05, 3.63) is 71.3 Å². The predicted octanol–water partition coefficient (Wildman–Crippen LogP) is 3.12. The van der Waals surface area contributed by atoms with E-state index in [0.29, 0.717) is 12.6 Å². The molecule has 4 nitrogen and oxygen atoms in total. The van der Waals surface area contributed by atoms with E-state index >= 15 is 0 Å². The molecule has 0 aliphatic carbocycles. The fraction of sp³-hybridized carbons (Fsp3) is 0.435. The minimum Gasteiger partial charge on any atom is -0.355 e. The van der Waals surface area contributed by atoms with Crippen LogP contribution in [-0.4, -0.2) is 36.0 Å². The minimum atomic E-state index is -0.0647. The molecule has 1 aliphatic heterocycles. The number of hydrogen-bond acceptors (Lipinski definition) is 3. The highest BCUT2D eigenvalue weighted by Crippen LogP contribution is 2.21. The fourth-order valence-electron chi connectivity index (χ4n) is 3.76. The van der Waals surface area contributed by atoms with Gasteiger partial charge in [0.05, 0.1) is 6.04 Å². The topological polar surface area (TPSA) is 44.4 Å². The molecule has 0 spiro atoms. The van der Waals surface area contributed by atoms with E-state index in [-0.39, 0.29) is 11.9 Å². The third kappa shape index (κ3) is 5.41. The third-order valence-electron chi connectivity index (χ3n) is 5.31. The number of rotatable bonds is 8. The van der Waals surface area contributed by atoms with E-state index in [2.05, 4.69) is 71.0 Å². The number of benzene rings is 2. The van der Waals surface area contributed by atoms with Crippen LogP contribution in [0.15, 0.2) is 54.6 Å². The Bertz CT molecular complexity index is 714. The number of nitrogens with zero attached hydrogens (tertiary/aromatic N) is 1. The summed E-state index contributed by atoms with van der Waals surface area (Å²) in [6.45, 7) is 7.38. The quantitative estimate of drug-likeness (QED) is 0.755. The molecule has 2 N–H and O–H groups in total. The van der Waals surface area contributed by atoms with Gasteiger partial charge in [-0.1, -0.05) is 61.5 Å². The van der Waals surface area contributed by atoms with Crippen LogP contribution in [0.1, 0.15) is 37.0 Å². The van der Waals surface area contributed by atoms with Gasteiger partial charge in [-0.2, -0.15) is 0 Å². The highest BCUT2D eigenvalue weighted by Gasteiger charge is 2.36. The van der Waals surface area contributed by atoms with Gasteiger partial charge in [0, 0.05) is 32.2 Å². The van der Waals surface area contributed by atoms with Crippen LogP contribution in [0.4, 0.5) is 0 Å². The number of hydrogen-bond donors (Lipinski definition) is 2. The summed E-state index contributed by atoms with van der Waals surface area (Å²) in [6.07, 6.45) is 1.92. The summed E-state index contributed by atoms with van der Waals surface area (Å²) < 4.78 is 0. The van der Waals surface area contributed by atoms with Crippen LogP contribution in [0, 0.1) is 0 Å². The average molecular weight is 366 g/mol. The number of aryl methyl sites for hydroxylation is 1. The third-order valence-corrected chi connectivity index (χ3v) is 5.31. The second kappa shape index (κ2) is 9.67. The molecule has 1 saturated heterocycles. The first-order valence-corrected chi connectivity index (χ1v) is 10.1. The molecule has 0 radical (unpaired) electrons. The summed E-state index contributed by atoms with van der Waals surface area (Å²) in [5, 5.41) is 6.66. The summed E-state index contributed by atoms with van der Waals surface area (Å²) >= 11 is 0. The van der Waals surface area contributed by atoms with Gasteiger partial charge in [-0.15, -0.1) is 0 Å². The summed E-state index contributed by atoms with van der Waals surface area (Å²) in [4.78, 5) is 14.9. The minimum absolute atomic E-state index is 0.0647. The molecule has 2 aromatic carbocycles. The van der Waals surface area contributed by atoms with Crippen LogP contribution in [0.3, 0.4) is 0 Å². The van der Waals surface area contributed by atoms with E-state index in [4.69, 9.17) is 0 Å². The maximum Gasteiger partial charge on any atom is 0.237 e. The number of nitrogens with one attached hydrogen (secondary N) is 2. The van der Waals surface area contributed by atoms with Gasteiger partial charge < -0.3 is 10.6 Å². The molecule has 0 bridgehead atoms. The van der Waals surface area contributed by atoms with Crippen LogP contribution < -0.4 is 10.6 Å². The zero-order valence-corrected chi connectivity index (χ0v) is 16.4. The fourth-order valence-corrected chi connectivity index (χ4v) is 3.76. The molecule has 4 heteroatoms. The highest BCUT2D eigenvalue weighted by atomic mass is 16.2. The normalized spacial score (nSPS) is 19.9. The molecule has 2 atom stereocenters. The molecule has 144 valence electrons. The van der Waals surface area contributed by atoms with E-state index < -0.39 is 0 Å². The van der Waals surface area contributed by atoms with Crippen molar-refractivity contribution < 1.29 is 4.79 Å². The van der Waals surface area contributed by atoms with E-state index in [0.717, 1.165) is 32.5 Å². The van der Waals surface area contributed by atoms with Crippen molar-refractivity contribution in [2.75, 3.05) is 13.1 Å². The Morgan fingerprint density at radius 1 is 1.00 bits per heavy atom. The number of carbonyl (C=O) groups is 1. The summed E-state index contributed by atoms with van der Waals surface area (Å²) in [5.41, 5.74) is 3.91. The van der Waals surface area contributed by atoms with Gasteiger partial charge in [0.15, 0.2) is 0 Å². The van der Waals surface area contributed by atoms with Crippen LogP contribution in [0.2, 0.25) is 0 Å². The Morgan fingerprint density at radius 3 is 2.37 bits per heavy atom. The van der Waals surface area contributed by atoms with Crippen LogP contribution in [0.25, 0.3) is 0 Å². The van der Waals surface area contributed by atoms with Gasteiger partial charge in [0.25, 0.3) is 0 Å². The van der Waals surface area contributed by atoms with Crippen molar-refractivity contribution in [3.63, 3.8) is 0 Å². The predicted molar refractivity (Wildman–Crippen MR) is 110 cm³/mol. The molecule has 2 aromatic rings. The van der Waals surface area contributed by atoms with Crippen molar-refractivity contribution in [2.45, 2.75) is 51.9 Å². The van der Waals surface area contributed by atoms with Gasteiger partial charge in [0.2, 0.25) is 5.91 Å². The second-order valence-corrected chi connectivity index (χ2v) is 7.31. The number of likely N-dealkylation sites (tertiary alicyclic amines) is 1. The zero-order valence-electron chi connectivity index (χ0n) is 16.4. The maximum atomic E-state index is 12.6. The Kier molecular flexibility index (Phi) is 7.02. The molecule has 1 aliphatic rings. The van der Waals surface area contributed by atoms with E-state index in [1.807, 2.05) is 13.0 Å². The summed E-state index contributed by atoms with van der Waals surface area (Å²) in [7, 11) is 0. The van der Waals surface area contributed by atoms with E-state index in [1.54, 1.807) is 0 Å². The molecule has 1 heterocycles. The first-order valence-electron chi connectivity index (χ1n) is 10.1. The standard InChI is InChI=1S/C23H31N3O/c1-3-18-10-12-19(13-11-18)15-25-21-14-22(23(27)24-4-2)26(17-21)16-20-8-6-5-7-9-20/h5-13,21-22,25H,3-4,14-17H2,1-2H3,(H,24,27)/t21-,22-/m0/s1. The Hall–Kier alpha value is -2.17. The van der Waals surface area contributed by atoms with Crippen LogP contribution in [-0.2, 0) is 24.3 Å². The number of amides is 1. The van der Waals surface area contributed by atoms with Crippen molar-refractivity contribution in [1.29, 1.82) is 0 Å². The molecule has 3 rings (SSSR count). The van der Waals surface area contributed by atoms with Crippen LogP contribution in [0.5, 0.6) is 0 Å². The lowest BCUT2D eigenvalue weighted by Crippen LogP contribution is -2.42. The maximum absolute atomic E-state index is 12.6. The number of likely N-dealkylation sites (N-methyl/N-ethyl adjacent to an activating group) is 1. The van der Waals surface area contributed by atoms with Crippen molar-refractivity contribution in [3.8, 4) is 0 Å². The first kappa shape index (κ1) is 19.6. The molecule has 0 unspecified atom stereocenters. The SMILES string of the molecule is CCNC(=O)[C@@H]1C[C@H](NCc2ccc(CC)cc2)CN1Cc1ccccc1. The molecular formula is C23H31N3O. The average Bonchev–Trinajstić information content (AvgIpc) is 3.10. The van der Waals surface area contributed by atoms with Gasteiger partial charge in [-0.05, 0) is 36.5 Å². The van der Waals surface area contributed by atoms with Gasteiger partial charge in [-0.3, -0.25) is 9.69 Å². The van der Waals surface area contributed by atoms with Gasteiger partial charge in [0.1, 0.15) is 0 Å². The van der Waals surface area contributed by atoms with Gasteiger partial charge in [-0.25, -0.2) is 0 Å². The lowest BCUT2D eigenvalue weighted by Gasteiger charge is -2.23. The monoisotopic (exact) mass is 365 g/mol. The number of carbonyl (C=O) groups excluding carboxylic acids is 1. The summed E-state index contributed by atoms with van der Waals surface area (Å²) in [5.74, 6) is 0.144. The molecule has 1 fully saturated rings. The lowest BCUT2D eigenvalue weighted by atomic mass is 10.1. The zero-order chi connectivity index (χ0) is 19.1. The van der Waals surface area contributed by atoms with Crippen molar-refractivity contribution in [2.24, 2.45) is 0 Å². The largest absolute Gasteiger partial charge is 0.355 e. The molecule has 0 aromatic heterocycles. The molecule has 1 amide bonds. The Morgan fingerprint density at radius 2 is 1.70 bits per heavy atom. The lowest BCUT2D eigenvalue weighted by molar-refractivity contribution is -0.125. The highest BCUT2D eigenvalue weighted by molar-refractivity contribution is 5.82. The van der Waals surface area contributed by atoms with Crippen molar-refractivity contribution >= 4 is 5.91 Å². The van der Waals surface area contributed by atoms with Crippen LogP contribution >= 0.6 is 0 Å². The Labute approximate surface area is 163 Å². The van der Waals surface area contributed by atoms with E-state index in [1.165, 1.54) is 16.7 Å². The second-order valence-electron chi connectivity index (χ2n) is 7.31. The molecule has 27 heavy (non-hydrogen) atoms. The smallest absolute Gasteiger partial charge is 0.237 e. The van der Waals surface area contributed by atoms with Crippen molar-refractivity contribution in [1.82, 2.24) is 15.5 Å². The molecular weight excluding hydrogens is 334 g/mol. The van der Waals surface area contributed by atoms with Gasteiger partial charge >= 0.3 is 0 Å². The van der Waals surface area contributed by atoms with E-state index in [9.17, 15) is 4.79 Å². The molecule has 0 saturated carbocycles. The first-order chi connectivity index (χ1) is 13.2. The summed E-state index contributed by atoms with van der Waals surface area (Å²) in [6, 6.07) is 19.5. The Balaban J connectivity index is 1.61.